The predicted octanol–water partition coefficient (Wildman–Crippen LogP) is 2.70. The molecule has 1 rings (SSSR count). The second-order valence-corrected chi connectivity index (χ2v) is 2.88. The summed E-state index contributed by atoms with van der Waals surface area (Å²) in [5, 5.41) is 0. The molecule has 1 heteroatoms. The second-order valence-electron chi connectivity index (χ2n) is 2.88. The molecule has 0 aliphatic heterocycles. The second kappa shape index (κ2) is 8.96. The van der Waals surface area contributed by atoms with Gasteiger partial charge in [0, 0.05) is 0 Å². The standard InChI is InChI=1S/C7H14.C2H7N/c1-2-4-6-7-5-3-1;1-2-3/h1-7H2;2-3H2,1H3. The third-order valence-electron chi connectivity index (χ3n) is 1.75. The quantitative estimate of drug-likeness (QED) is 0.518. The average molecular weight is 143 g/mol. The van der Waals surface area contributed by atoms with Crippen LogP contribution in [0, 0.1) is 0 Å². The topological polar surface area (TPSA) is 26.0 Å². The molecule has 10 heavy (non-hydrogen) atoms. The van der Waals surface area contributed by atoms with Gasteiger partial charge in [-0.3, -0.25) is 0 Å². The van der Waals surface area contributed by atoms with Crippen LogP contribution in [0.1, 0.15) is 51.9 Å². The van der Waals surface area contributed by atoms with Crippen LogP contribution in [0.2, 0.25) is 0 Å². The van der Waals surface area contributed by atoms with Gasteiger partial charge in [-0.15, -0.1) is 0 Å². The van der Waals surface area contributed by atoms with Crippen molar-refractivity contribution in [3.8, 4) is 0 Å². The van der Waals surface area contributed by atoms with Crippen molar-refractivity contribution in [1.29, 1.82) is 0 Å². The molecule has 1 saturated carbocycles. The van der Waals surface area contributed by atoms with E-state index in [1.165, 1.54) is 44.9 Å². The van der Waals surface area contributed by atoms with Crippen LogP contribution < -0.4 is 5.73 Å². The highest BCUT2D eigenvalue weighted by atomic mass is 14.5. The van der Waals surface area contributed by atoms with E-state index in [-0.39, 0.29) is 0 Å². The monoisotopic (exact) mass is 143 g/mol. The maximum absolute atomic E-state index is 4.85. The lowest BCUT2D eigenvalue weighted by molar-refractivity contribution is 0.702. The molecule has 2 N–H and O–H groups in total. The highest BCUT2D eigenvalue weighted by molar-refractivity contribution is 4.51. The van der Waals surface area contributed by atoms with Crippen LogP contribution >= 0.6 is 0 Å². The molecule has 0 aromatic heterocycles. The Hall–Kier alpha value is -0.0400. The van der Waals surface area contributed by atoms with Crippen LogP contribution in [-0.2, 0) is 0 Å². The summed E-state index contributed by atoms with van der Waals surface area (Å²) in [4.78, 5) is 0. The van der Waals surface area contributed by atoms with Crippen LogP contribution in [0.3, 0.4) is 0 Å². The fraction of sp³-hybridized carbons (Fsp3) is 1.00. The van der Waals surface area contributed by atoms with Crippen LogP contribution in [0.4, 0.5) is 0 Å². The fourth-order valence-corrected chi connectivity index (χ4v) is 1.24. The number of hydrogen-bond acceptors (Lipinski definition) is 1. The first kappa shape index (κ1) is 9.96. The van der Waals surface area contributed by atoms with Crippen molar-refractivity contribution >= 4 is 0 Å². The van der Waals surface area contributed by atoms with Gasteiger partial charge in [0.15, 0.2) is 0 Å². The SMILES string of the molecule is C1CCCCCC1.CCN. The lowest BCUT2D eigenvalue weighted by Crippen LogP contribution is -1.87. The maximum Gasteiger partial charge on any atom is -0.0106 e. The molecule has 62 valence electrons. The zero-order chi connectivity index (χ0) is 7.66. The Bertz CT molecular complexity index is 33.0. The normalized spacial score (nSPS) is 18.6. The zero-order valence-corrected chi connectivity index (χ0v) is 7.23. The Morgan fingerprint density at radius 1 is 0.800 bits per heavy atom. The molecule has 0 bridgehead atoms. The highest BCUT2D eigenvalue weighted by Gasteiger charge is 1.95. The average Bonchev–Trinajstić information content (AvgIpc) is 2.17. The molecule has 0 saturated heterocycles. The Kier molecular flexibility index (Phi) is 8.92. The molecule has 0 amide bonds. The zero-order valence-electron chi connectivity index (χ0n) is 7.23. The van der Waals surface area contributed by atoms with Crippen LogP contribution in [0.25, 0.3) is 0 Å². The van der Waals surface area contributed by atoms with Gasteiger partial charge in [0.1, 0.15) is 0 Å². The summed E-state index contributed by atoms with van der Waals surface area (Å²) in [5.74, 6) is 0. The minimum absolute atomic E-state index is 0.750. The van der Waals surface area contributed by atoms with Gasteiger partial charge in [0.25, 0.3) is 0 Å². The Balaban J connectivity index is 0.000000236. The first-order valence-corrected chi connectivity index (χ1v) is 4.62. The predicted molar refractivity (Wildman–Crippen MR) is 47.0 cm³/mol. The smallest absolute Gasteiger partial charge is 0.0106 e. The number of rotatable bonds is 0. The van der Waals surface area contributed by atoms with Crippen LogP contribution in [-0.4, -0.2) is 6.54 Å². The van der Waals surface area contributed by atoms with E-state index in [9.17, 15) is 0 Å². The summed E-state index contributed by atoms with van der Waals surface area (Å²) >= 11 is 0. The molecule has 1 aliphatic carbocycles. The third-order valence-corrected chi connectivity index (χ3v) is 1.75. The van der Waals surface area contributed by atoms with E-state index in [0.717, 1.165) is 6.54 Å². The molecule has 0 aromatic carbocycles. The first-order valence-electron chi connectivity index (χ1n) is 4.62. The summed E-state index contributed by atoms with van der Waals surface area (Å²) in [5.41, 5.74) is 4.85. The minimum atomic E-state index is 0.750. The molecule has 0 unspecified atom stereocenters. The van der Waals surface area contributed by atoms with Crippen LogP contribution in [0.15, 0.2) is 0 Å². The van der Waals surface area contributed by atoms with Crippen molar-refractivity contribution in [3.63, 3.8) is 0 Å². The lowest BCUT2D eigenvalue weighted by atomic mass is 10.2. The van der Waals surface area contributed by atoms with E-state index < -0.39 is 0 Å². The van der Waals surface area contributed by atoms with Crippen LogP contribution in [0.5, 0.6) is 0 Å². The van der Waals surface area contributed by atoms with E-state index in [0.29, 0.717) is 0 Å². The van der Waals surface area contributed by atoms with Crippen molar-refractivity contribution in [2.24, 2.45) is 5.73 Å². The molecular weight excluding hydrogens is 122 g/mol. The summed E-state index contributed by atoms with van der Waals surface area (Å²) < 4.78 is 0. The van der Waals surface area contributed by atoms with E-state index >= 15 is 0 Å². The van der Waals surface area contributed by atoms with Gasteiger partial charge in [0.2, 0.25) is 0 Å². The Morgan fingerprint density at radius 3 is 1.00 bits per heavy atom. The number of hydrogen-bond donors (Lipinski definition) is 1. The van der Waals surface area contributed by atoms with Gasteiger partial charge in [-0.25, -0.2) is 0 Å². The molecular formula is C9H21N. The van der Waals surface area contributed by atoms with Gasteiger partial charge in [-0.05, 0) is 6.54 Å². The Labute approximate surface area is 65.0 Å². The largest absolute Gasteiger partial charge is 0.331 e. The summed E-state index contributed by atoms with van der Waals surface area (Å²) in [7, 11) is 0. The van der Waals surface area contributed by atoms with Crippen molar-refractivity contribution in [3.05, 3.63) is 0 Å². The van der Waals surface area contributed by atoms with Gasteiger partial charge in [-0.1, -0.05) is 51.9 Å². The first-order chi connectivity index (χ1) is 4.91. The molecule has 1 nitrogen and oxygen atoms in total. The van der Waals surface area contributed by atoms with Gasteiger partial charge < -0.3 is 5.73 Å². The van der Waals surface area contributed by atoms with Crippen molar-refractivity contribution in [2.45, 2.75) is 51.9 Å². The minimum Gasteiger partial charge on any atom is -0.331 e. The van der Waals surface area contributed by atoms with Gasteiger partial charge in [0.05, 0.1) is 0 Å². The molecule has 0 radical (unpaired) electrons. The fourth-order valence-electron chi connectivity index (χ4n) is 1.24. The van der Waals surface area contributed by atoms with Crippen molar-refractivity contribution in [2.75, 3.05) is 6.54 Å². The molecule has 1 aliphatic rings. The lowest BCUT2D eigenvalue weighted by Gasteiger charge is -1.85. The van der Waals surface area contributed by atoms with Gasteiger partial charge >= 0.3 is 0 Å². The molecule has 1 fully saturated rings. The van der Waals surface area contributed by atoms with Crippen molar-refractivity contribution in [1.82, 2.24) is 0 Å². The third kappa shape index (κ3) is 7.96. The molecule has 0 spiro atoms. The van der Waals surface area contributed by atoms with E-state index in [1.807, 2.05) is 6.92 Å². The summed E-state index contributed by atoms with van der Waals surface area (Å²) in [6, 6.07) is 0. The summed E-state index contributed by atoms with van der Waals surface area (Å²) in [6.07, 6.45) is 10.5. The van der Waals surface area contributed by atoms with E-state index in [4.69, 9.17) is 5.73 Å². The molecule has 0 aromatic rings. The van der Waals surface area contributed by atoms with E-state index in [2.05, 4.69) is 0 Å². The van der Waals surface area contributed by atoms with Crippen molar-refractivity contribution < 1.29 is 0 Å². The summed E-state index contributed by atoms with van der Waals surface area (Å²) in [6.45, 7) is 2.65. The maximum atomic E-state index is 4.85. The van der Waals surface area contributed by atoms with E-state index in [1.54, 1.807) is 0 Å². The molecule has 0 heterocycles. The highest BCUT2D eigenvalue weighted by Crippen LogP contribution is 2.15. The Morgan fingerprint density at radius 2 is 0.900 bits per heavy atom. The van der Waals surface area contributed by atoms with Gasteiger partial charge in [-0.2, -0.15) is 0 Å². The molecule has 0 atom stereocenters. The number of nitrogens with two attached hydrogens (primary N) is 1.